The summed E-state index contributed by atoms with van der Waals surface area (Å²) in [6.07, 6.45) is 4.02. The summed E-state index contributed by atoms with van der Waals surface area (Å²) in [7, 11) is 0. The summed E-state index contributed by atoms with van der Waals surface area (Å²) >= 11 is 0. The summed E-state index contributed by atoms with van der Waals surface area (Å²) in [5, 5.41) is 2.76. The van der Waals surface area contributed by atoms with E-state index in [1.165, 1.54) is 0 Å². The largest absolute Gasteiger partial charge is 0.352 e. The van der Waals surface area contributed by atoms with E-state index >= 15 is 0 Å². The molecule has 0 fully saturated rings. The van der Waals surface area contributed by atoms with Crippen molar-refractivity contribution in [3.8, 4) is 0 Å². The lowest BCUT2D eigenvalue weighted by Gasteiger charge is -2.16. The number of hydrogen-bond acceptors (Lipinski definition) is 3. The van der Waals surface area contributed by atoms with E-state index in [9.17, 15) is 4.79 Å². The van der Waals surface area contributed by atoms with Crippen LogP contribution in [0.1, 0.15) is 32.1 Å². The number of rotatable bonds is 8. The minimum absolute atomic E-state index is 0.0874. The van der Waals surface area contributed by atoms with Crippen LogP contribution in [0.15, 0.2) is 0 Å². The van der Waals surface area contributed by atoms with Crippen LogP contribution in [-0.4, -0.2) is 24.5 Å². The molecule has 0 aromatic heterocycles. The van der Waals surface area contributed by atoms with Crippen LogP contribution in [0.2, 0.25) is 0 Å². The lowest BCUT2D eigenvalue weighted by Crippen LogP contribution is -2.44. The van der Waals surface area contributed by atoms with Gasteiger partial charge in [-0.1, -0.05) is 19.8 Å². The molecular weight excluding hydrogens is 190 g/mol. The van der Waals surface area contributed by atoms with Crippen molar-refractivity contribution >= 4 is 5.91 Å². The molecule has 0 rings (SSSR count). The third kappa shape index (κ3) is 7.33. The molecule has 1 amide bonds. The molecule has 0 saturated carbocycles. The first-order valence-corrected chi connectivity index (χ1v) is 5.50. The first-order chi connectivity index (χ1) is 7.11. The normalized spacial score (nSPS) is 14.7. The molecule has 0 aliphatic heterocycles. The monoisotopic (exact) mass is 213 g/mol. The zero-order chi connectivity index (χ0) is 11.7. The maximum absolute atomic E-state index is 11.5. The molecule has 0 spiro atoms. The van der Waals surface area contributed by atoms with E-state index in [0.29, 0.717) is 13.0 Å². The molecule has 2 radical (unpaired) electrons. The molecule has 5 N–H and O–H groups in total. The second kappa shape index (κ2) is 8.68. The Kier molecular flexibility index (Phi) is 8.33. The number of nitrogens with one attached hydrogen (secondary N) is 1. The fraction of sp³-hybridized carbons (Fsp3) is 0.727. The predicted molar refractivity (Wildman–Crippen MR) is 62.8 cm³/mol. The number of hydrogen-bond donors (Lipinski definition) is 3. The van der Waals surface area contributed by atoms with E-state index in [2.05, 4.69) is 19.2 Å². The van der Waals surface area contributed by atoms with Gasteiger partial charge in [-0.2, -0.15) is 0 Å². The summed E-state index contributed by atoms with van der Waals surface area (Å²) in [5.41, 5.74) is 11.1. The smallest absolute Gasteiger partial charge is 0.237 e. The predicted octanol–water partition coefficient (Wildman–Crippen LogP) is 0.376. The minimum atomic E-state index is -0.439. The minimum Gasteiger partial charge on any atom is -0.352 e. The Labute approximate surface area is 92.8 Å². The van der Waals surface area contributed by atoms with Gasteiger partial charge in [0.25, 0.3) is 0 Å². The number of nitrogens with two attached hydrogens (primary N) is 2. The van der Waals surface area contributed by atoms with Crippen LogP contribution in [-0.2, 0) is 4.79 Å². The van der Waals surface area contributed by atoms with Crippen LogP contribution in [0.4, 0.5) is 0 Å². The Hall–Kier alpha value is -0.610. The van der Waals surface area contributed by atoms with E-state index in [1.54, 1.807) is 0 Å². The van der Waals surface area contributed by atoms with E-state index < -0.39 is 6.04 Å². The van der Waals surface area contributed by atoms with Crippen molar-refractivity contribution in [2.75, 3.05) is 6.54 Å². The molecule has 2 unspecified atom stereocenters. The van der Waals surface area contributed by atoms with Gasteiger partial charge in [-0.15, -0.1) is 0 Å². The number of unbranched alkanes of at least 4 members (excludes halogenated alkanes) is 1. The Balaban J connectivity index is 3.68. The molecule has 4 heteroatoms. The quantitative estimate of drug-likeness (QED) is 0.510. The highest BCUT2D eigenvalue weighted by atomic mass is 16.2. The molecule has 4 nitrogen and oxygen atoms in total. The van der Waals surface area contributed by atoms with Crippen LogP contribution < -0.4 is 16.8 Å². The molecule has 0 aliphatic carbocycles. The lowest BCUT2D eigenvalue weighted by molar-refractivity contribution is -0.123. The topological polar surface area (TPSA) is 81.1 Å². The van der Waals surface area contributed by atoms with Gasteiger partial charge in [0, 0.05) is 6.04 Å². The van der Waals surface area contributed by atoms with Gasteiger partial charge < -0.3 is 16.8 Å². The fourth-order valence-corrected chi connectivity index (χ4v) is 1.27. The van der Waals surface area contributed by atoms with Crippen molar-refractivity contribution in [3.63, 3.8) is 0 Å². The van der Waals surface area contributed by atoms with Gasteiger partial charge in [0.15, 0.2) is 0 Å². The van der Waals surface area contributed by atoms with Crippen molar-refractivity contribution in [1.82, 2.24) is 5.32 Å². The SMILES string of the molecule is [CH2]CCC([CH2])NC(=O)C(N)CCCCN. The molecule has 0 saturated heterocycles. The van der Waals surface area contributed by atoms with E-state index in [4.69, 9.17) is 11.5 Å². The van der Waals surface area contributed by atoms with Crippen molar-refractivity contribution in [2.24, 2.45) is 11.5 Å². The lowest BCUT2D eigenvalue weighted by atomic mass is 10.1. The number of amides is 1. The summed E-state index contributed by atoms with van der Waals surface area (Å²) in [4.78, 5) is 11.5. The Bertz CT molecular complexity index is 173. The Morgan fingerprint density at radius 2 is 2.00 bits per heavy atom. The van der Waals surface area contributed by atoms with Gasteiger partial charge in [0.1, 0.15) is 0 Å². The molecule has 0 aromatic carbocycles. The average Bonchev–Trinajstić information content (AvgIpc) is 2.18. The Morgan fingerprint density at radius 3 is 2.53 bits per heavy atom. The third-order valence-electron chi connectivity index (χ3n) is 2.20. The maximum atomic E-state index is 11.5. The maximum Gasteiger partial charge on any atom is 0.237 e. The van der Waals surface area contributed by atoms with E-state index in [1.807, 2.05) is 0 Å². The van der Waals surface area contributed by atoms with E-state index in [0.717, 1.165) is 25.7 Å². The van der Waals surface area contributed by atoms with Crippen molar-refractivity contribution in [2.45, 2.75) is 44.2 Å². The van der Waals surface area contributed by atoms with Gasteiger partial charge in [-0.3, -0.25) is 4.79 Å². The summed E-state index contributed by atoms with van der Waals surface area (Å²) in [6.45, 7) is 8.15. The summed E-state index contributed by atoms with van der Waals surface area (Å²) < 4.78 is 0. The van der Waals surface area contributed by atoms with Crippen LogP contribution in [0.5, 0.6) is 0 Å². The van der Waals surface area contributed by atoms with Gasteiger partial charge in [-0.25, -0.2) is 0 Å². The Morgan fingerprint density at radius 1 is 1.33 bits per heavy atom. The van der Waals surface area contributed by atoms with Gasteiger partial charge >= 0.3 is 0 Å². The molecular formula is C11H23N3O. The van der Waals surface area contributed by atoms with Gasteiger partial charge in [0.2, 0.25) is 5.91 Å². The van der Waals surface area contributed by atoms with Crippen LogP contribution in [0, 0.1) is 13.8 Å². The first kappa shape index (κ1) is 14.4. The van der Waals surface area contributed by atoms with Crippen LogP contribution in [0.3, 0.4) is 0 Å². The molecule has 0 heterocycles. The molecule has 0 aromatic rings. The van der Waals surface area contributed by atoms with Gasteiger partial charge in [0.05, 0.1) is 6.04 Å². The molecule has 0 bridgehead atoms. The third-order valence-corrected chi connectivity index (χ3v) is 2.20. The molecule has 2 atom stereocenters. The second-order valence-corrected chi connectivity index (χ2v) is 3.74. The summed E-state index contributed by atoms with van der Waals surface area (Å²) in [5.74, 6) is -0.125. The highest BCUT2D eigenvalue weighted by Crippen LogP contribution is 2.00. The van der Waals surface area contributed by atoms with E-state index in [-0.39, 0.29) is 11.9 Å². The van der Waals surface area contributed by atoms with Crippen LogP contribution >= 0.6 is 0 Å². The zero-order valence-corrected chi connectivity index (χ0v) is 9.37. The molecule has 88 valence electrons. The zero-order valence-electron chi connectivity index (χ0n) is 9.37. The standard InChI is InChI=1S/C11H23N3O/c1-3-6-9(2)14-11(15)10(13)7-4-5-8-12/h9-10H,1-8,12-13H2,(H,14,15). The number of carbonyl (C=O) groups excluding carboxylic acids is 1. The highest BCUT2D eigenvalue weighted by Gasteiger charge is 2.14. The second-order valence-electron chi connectivity index (χ2n) is 3.74. The van der Waals surface area contributed by atoms with Crippen molar-refractivity contribution in [1.29, 1.82) is 0 Å². The fourth-order valence-electron chi connectivity index (χ4n) is 1.27. The highest BCUT2D eigenvalue weighted by molar-refractivity contribution is 5.81. The van der Waals surface area contributed by atoms with Gasteiger partial charge in [-0.05, 0) is 32.7 Å². The summed E-state index contributed by atoms with van der Waals surface area (Å²) in [6, 6.07) is -0.527. The number of carbonyl (C=O) groups is 1. The average molecular weight is 213 g/mol. The van der Waals surface area contributed by atoms with Crippen molar-refractivity contribution in [3.05, 3.63) is 13.8 Å². The molecule has 0 aliphatic rings. The first-order valence-electron chi connectivity index (χ1n) is 5.50. The molecule has 15 heavy (non-hydrogen) atoms. The van der Waals surface area contributed by atoms with Crippen LogP contribution in [0.25, 0.3) is 0 Å². The van der Waals surface area contributed by atoms with Crippen molar-refractivity contribution < 1.29 is 4.79 Å².